The van der Waals surface area contributed by atoms with E-state index in [0.717, 1.165) is 17.6 Å². The fourth-order valence-corrected chi connectivity index (χ4v) is 2.86. The summed E-state index contributed by atoms with van der Waals surface area (Å²) in [6, 6.07) is 6.88. The van der Waals surface area contributed by atoms with Crippen molar-refractivity contribution in [2.45, 2.75) is 46.1 Å². The van der Waals surface area contributed by atoms with E-state index in [1.807, 2.05) is 6.07 Å². The van der Waals surface area contributed by atoms with E-state index in [2.05, 4.69) is 38.2 Å². The van der Waals surface area contributed by atoms with Crippen LogP contribution in [0.1, 0.15) is 38.7 Å². The third-order valence-electron chi connectivity index (χ3n) is 4.23. The number of rotatable bonds is 3. The molecule has 0 saturated heterocycles. The van der Waals surface area contributed by atoms with E-state index in [4.69, 9.17) is 4.74 Å². The van der Waals surface area contributed by atoms with Gasteiger partial charge >= 0.3 is 0 Å². The maximum atomic E-state index is 5.25. The van der Waals surface area contributed by atoms with Crippen molar-refractivity contribution in [3.05, 3.63) is 23.8 Å². The summed E-state index contributed by atoms with van der Waals surface area (Å²) in [5.41, 5.74) is 2.52. The van der Waals surface area contributed by atoms with Gasteiger partial charge < -0.3 is 10.1 Å². The molecule has 100 valence electrons. The fraction of sp³-hybridized carbons (Fsp3) is 0.625. The Morgan fingerprint density at radius 2 is 2.00 bits per heavy atom. The lowest BCUT2D eigenvalue weighted by atomic mass is 9.80. The van der Waals surface area contributed by atoms with Gasteiger partial charge in [0, 0.05) is 11.7 Å². The third-order valence-corrected chi connectivity index (χ3v) is 4.23. The summed E-state index contributed by atoms with van der Waals surface area (Å²) in [5, 5.41) is 3.73. The van der Waals surface area contributed by atoms with Crippen LogP contribution >= 0.6 is 0 Å². The van der Waals surface area contributed by atoms with Crippen LogP contribution in [0.15, 0.2) is 18.2 Å². The van der Waals surface area contributed by atoms with Crippen molar-refractivity contribution in [1.29, 1.82) is 0 Å². The first-order valence-electron chi connectivity index (χ1n) is 7.01. The zero-order valence-corrected chi connectivity index (χ0v) is 12.0. The Morgan fingerprint density at radius 3 is 2.67 bits per heavy atom. The number of aryl methyl sites for hydroxylation is 1. The first-order chi connectivity index (χ1) is 8.60. The van der Waals surface area contributed by atoms with Gasteiger partial charge in [-0.25, -0.2) is 0 Å². The summed E-state index contributed by atoms with van der Waals surface area (Å²) >= 11 is 0. The quantitative estimate of drug-likeness (QED) is 0.862. The Labute approximate surface area is 111 Å². The van der Waals surface area contributed by atoms with Crippen LogP contribution in [0.4, 0.5) is 5.69 Å². The summed E-state index contributed by atoms with van der Waals surface area (Å²) in [7, 11) is 1.72. The molecule has 0 spiro atoms. The second-order valence-corrected chi connectivity index (χ2v) is 5.83. The van der Waals surface area contributed by atoms with Gasteiger partial charge in [0.05, 0.1) is 7.11 Å². The van der Waals surface area contributed by atoms with Crippen molar-refractivity contribution < 1.29 is 4.74 Å². The Hall–Kier alpha value is -1.18. The smallest absolute Gasteiger partial charge is 0.119 e. The van der Waals surface area contributed by atoms with Crippen molar-refractivity contribution in [2.75, 3.05) is 12.4 Å². The molecule has 2 nitrogen and oxygen atoms in total. The van der Waals surface area contributed by atoms with Gasteiger partial charge in [-0.1, -0.05) is 20.3 Å². The van der Waals surface area contributed by atoms with Crippen molar-refractivity contribution in [3.63, 3.8) is 0 Å². The average Bonchev–Trinajstić information content (AvgIpc) is 2.36. The molecular formula is C16H25NO. The van der Waals surface area contributed by atoms with E-state index < -0.39 is 0 Å². The number of ether oxygens (including phenoxy) is 1. The number of methoxy groups -OCH3 is 1. The maximum absolute atomic E-state index is 5.25. The first-order valence-corrected chi connectivity index (χ1v) is 7.01. The van der Waals surface area contributed by atoms with Crippen LogP contribution in [-0.4, -0.2) is 13.2 Å². The predicted molar refractivity (Wildman–Crippen MR) is 77.3 cm³/mol. The lowest BCUT2D eigenvalue weighted by Gasteiger charge is -2.34. The molecule has 1 aromatic carbocycles. The van der Waals surface area contributed by atoms with E-state index >= 15 is 0 Å². The molecule has 0 heterocycles. The van der Waals surface area contributed by atoms with E-state index in [9.17, 15) is 0 Å². The van der Waals surface area contributed by atoms with E-state index in [1.165, 1.54) is 30.5 Å². The third kappa shape index (κ3) is 2.98. The molecule has 18 heavy (non-hydrogen) atoms. The van der Waals surface area contributed by atoms with Crippen molar-refractivity contribution >= 4 is 5.69 Å². The molecule has 0 amide bonds. The number of hydrogen-bond donors (Lipinski definition) is 1. The van der Waals surface area contributed by atoms with Crippen LogP contribution in [0.3, 0.4) is 0 Å². The van der Waals surface area contributed by atoms with Gasteiger partial charge in [-0.05, 0) is 55.4 Å². The highest BCUT2D eigenvalue weighted by molar-refractivity contribution is 5.54. The second-order valence-electron chi connectivity index (χ2n) is 5.83. The molecule has 0 radical (unpaired) electrons. The molecule has 1 aliphatic rings. The van der Waals surface area contributed by atoms with Crippen LogP contribution in [-0.2, 0) is 0 Å². The maximum Gasteiger partial charge on any atom is 0.119 e. The molecule has 1 N–H and O–H groups in total. The number of anilines is 1. The van der Waals surface area contributed by atoms with Gasteiger partial charge in [0.15, 0.2) is 0 Å². The van der Waals surface area contributed by atoms with Crippen LogP contribution in [0.25, 0.3) is 0 Å². The molecule has 3 atom stereocenters. The zero-order valence-electron chi connectivity index (χ0n) is 12.0. The van der Waals surface area contributed by atoms with Gasteiger partial charge in [-0.2, -0.15) is 0 Å². The number of benzene rings is 1. The minimum absolute atomic E-state index is 0.612. The standard InChI is InChI=1S/C16H25NO/c1-11-5-6-12(2)16(9-11)17-15-8-7-14(18-4)10-13(15)3/h7-8,10-12,16-17H,5-6,9H2,1-4H3. The van der Waals surface area contributed by atoms with E-state index in [1.54, 1.807) is 7.11 Å². The second kappa shape index (κ2) is 5.64. The molecule has 1 fully saturated rings. The molecular weight excluding hydrogens is 222 g/mol. The zero-order chi connectivity index (χ0) is 13.1. The van der Waals surface area contributed by atoms with Gasteiger partial charge in [0.1, 0.15) is 5.75 Å². The van der Waals surface area contributed by atoms with Crippen molar-refractivity contribution in [1.82, 2.24) is 0 Å². The molecule has 1 aromatic rings. The van der Waals surface area contributed by atoms with Gasteiger partial charge in [-0.15, -0.1) is 0 Å². The molecule has 2 rings (SSSR count). The van der Waals surface area contributed by atoms with Crippen molar-refractivity contribution in [3.8, 4) is 5.75 Å². The predicted octanol–water partition coefficient (Wildman–Crippen LogP) is 4.24. The highest BCUT2D eigenvalue weighted by Gasteiger charge is 2.25. The van der Waals surface area contributed by atoms with Crippen LogP contribution in [0, 0.1) is 18.8 Å². The van der Waals surface area contributed by atoms with Crippen molar-refractivity contribution in [2.24, 2.45) is 11.8 Å². The van der Waals surface area contributed by atoms with Gasteiger partial charge in [-0.3, -0.25) is 0 Å². The molecule has 1 saturated carbocycles. The summed E-state index contributed by atoms with van der Waals surface area (Å²) in [6.45, 7) is 6.87. The molecule has 2 heteroatoms. The largest absolute Gasteiger partial charge is 0.497 e. The molecule has 0 aliphatic heterocycles. The normalized spacial score (nSPS) is 27.9. The monoisotopic (exact) mass is 247 g/mol. The minimum Gasteiger partial charge on any atom is -0.497 e. The summed E-state index contributed by atoms with van der Waals surface area (Å²) in [4.78, 5) is 0. The lowest BCUT2D eigenvalue weighted by molar-refractivity contribution is 0.280. The lowest BCUT2D eigenvalue weighted by Crippen LogP contribution is -2.33. The molecule has 1 aliphatic carbocycles. The topological polar surface area (TPSA) is 21.3 Å². The Kier molecular flexibility index (Phi) is 4.15. The van der Waals surface area contributed by atoms with Crippen LogP contribution < -0.4 is 10.1 Å². The Morgan fingerprint density at radius 1 is 1.22 bits per heavy atom. The minimum atomic E-state index is 0.612. The number of hydrogen-bond acceptors (Lipinski definition) is 2. The first kappa shape index (κ1) is 13.3. The molecule has 3 unspecified atom stereocenters. The highest BCUT2D eigenvalue weighted by Crippen LogP contribution is 2.32. The van der Waals surface area contributed by atoms with E-state index in [0.29, 0.717) is 6.04 Å². The molecule has 0 aromatic heterocycles. The fourth-order valence-electron chi connectivity index (χ4n) is 2.86. The number of nitrogens with one attached hydrogen (secondary N) is 1. The average molecular weight is 247 g/mol. The van der Waals surface area contributed by atoms with Gasteiger partial charge in [0.25, 0.3) is 0 Å². The SMILES string of the molecule is COc1ccc(NC2CC(C)CCC2C)c(C)c1. The summed E-state index contributed by atoms with van der Waals surface area (Å²) < 4.78 is 5.25. The summed E-state index contributed by atoms with van der Waals surface area (Å²) in [5.74, 6) is 2.54. The van der Waals surface area contributed by atoms with Crippen LogP contribution in [0.2, 0.25) is 0 Å². The molecule has 0 bridgehead atoms. The Bertz CT molecular complexity index is 402. The summed E-state index contributed by atoms with van der Waals surface area (Å²) in [6.07, 6.45) is 4.00. The van der Waals surface area contributed by atoms with Gasteiger partial charge in [0.2, 0.25) is 0 Å². The van der Waals surface area contributed by atoms with Crippen LogP contribution in [0.5, 0.6) is 5.75 Å². The Balaban J connectivity index is 2.08. The van der Waals surface area contributed by atoms with E-state index in [-0.39, 0.29) is 0 Å². The highest BCUT2D eigenvalue weighted by atomic mass is 16.5.